The molecule has 2 aliphatic rings. The lowest BCUT2D eigenvalue weighted by Gasteiger charge is -2.43. The monoisotopic (exact) mass is 212 g/mol. The maximum Gasteiger partial charge on any atom is 0.352 e. The molecular formula is C8H8N2O3S. The fraction of sp³-hybridized carbons (Fsp3) is 0.375. The molecule has 0 bridgehead atoms. The summed E-state index contributed by atoms with van der Waals surface area (Å²) in [5.74, 6) is -1.25. The Morgan fingerprint density at radius 3 is 3.00 bits per heavy atom. The summed E-state index contributed by atoms with van der Waals surface area (Å²) in [4.78, 5) is 23.2. The summed E-state index contributed by atoms with van der Waals surface area (Å²) in [5.41, 5.74) is 0.0125. The second-order valence-corrected chi connectivity index (χ2v) is 4.41. The van der Waals surface area contributed by atoms with Gasteiger partial charge in [0, 0.05) is 6.21 Å². The van der Waals surface area contributed by atoms with Crippen molar-refractivity contribution in [2.75, 3.05) is 0 Å². The number of carboxylic acid groups (broad SMARTS) is 1. The standard InChI is InChI=1S/C8H8N2O3S/c9-3-4-1-5(8(12)13)10-6(11)2-7(10)14-4/h1,3-4,7,9H,2H2,(H,12,13)/t4?,7-/m1/s1. The van der Waals surface area contributed by atoms with E-state index in [0.717, 1.165) is 0 Å². The van der Waals surface area contributed by atoms with Crippen LogP contribution in [0.1, 0.15) is 6.42 Å². The molecule has 5 nitrogen and oxygen atoms in total. The van der Waals surface area contributed by atoms with E-state index in [1.54, 1.807) is 0 Å². The van der Waals surface area contributed by atoms with E-state index in [-0.39, 0.29) is 22.2 Å². The molecule has 0 aromatic carbocycles. The Morgan fingerprint density at radius 2 is 2.50 bits per heavy atom. The zero-order valence-corrected chi connectivity index (χ0v) is 7.95. The van der Waals surface area contributed by atoms with Crippen LogP contribution in [0.3, 0.4) is 0 Å². The van der Waals surface area contributed by atoms with Crippen LogP contribution in [-0.4, -0.2) is 38.7 Å². The van der Waals surface area contributed by atoms with Crippen LogP contribution in [0.4, 0.5) is 0 Å². The van der Waals surface area contributed by atoms with Gasteiger partial charge in [0.2, 0.25) is 5.91 Å². The van der Waals surface area contributed by atoms with Crippen molar-refractivity contribution in [3.8, 4) is 0 Å². The molecule has 1 unspecified atom stereocenters. The van der Waals surface area contributed by atoms with Gasteiger partial charge in [-0.15, -0.1) is 11.8 Å². The van der Waals surface area contributed by atoms with E-state index in [1.165, 1.54) is 29.0 Å². The third-order valence-corrected chi connectivity index (χ3v) is 3.46. The molecule has 0 aromatic rings. The highest BCUT2D eigenvalue weighted by molar-refractivity contribution is 8.01. The summed E-state index contributed by atoms with van der Waals surface area (Å²) in [5, 5.41) is 15.6. The van der Waals surface area contributed by atoms with Crippen molar-refractivity contribution in [3.05, 3.63) is 11.8 Å². The molecule has 1 amide bonds. The minimum Gasteiger partial charge on any atom is -0.477 e. The predicted molar refractivity (Wildman–Crippen MR) is 51.1 cm³/mol. The van der Waals surface area contributed by atoms with E-state index in [1.807, 2.05) is 0 Å². The van der Waals surface area contributed by atoms with Gasteiger partial charge < -0.3 is 10.5 Å². The summed E-state index contributed by atoms with van der Waals surface area (Å²) in [6, 6.07) is 0. The van der Waals surface area contributed by atoms with Gasteiger partial charge in [0.1, 0.15) is 5.70 Å². The second-order valence-electron chi connectivity index (χ2n) is 3.05. The lowest BCUT2D eigenvalue weighted by Crippen LogP contribution is -2.54. The van der Waals surface area contributed by atoms with Crippen molar-refractivity contribution in [3.63, 3.8) is 0 Å². The van der Waals surface area contributed by atoms with E-state index >= 15 is 0 Å². The van der Waals surface area contributed by atoms with Gasteiger partial charge in [0.05, 0.1) is 17.0 Å². The molecule has 14 heavy (non-hydrogen) atoms. The lowest BCUT2D eigenvalue weighted by atomic mass is 10.1. The number of β-lactam (4-membered cyclic amide) rings is 1. The first-order valence-corrected chi connectivity index (χ1v) is 5.01. The summed E-state index contributed by atoms with van der Waals surface area (Å²) in [7, 11) is 0. The third-order valence-electron chi connectivity index (χ3n) is 2.19. The van der Waals surface area contributed by atoms with E-state index in [9.17, 15) is 9.59 Å². The van der Waals surface area contributed by atoms with Gasteiger partial charge in [-0.05, 0) is 6.08 Å². The minimum atomic E-state index is -1.10. The Kier molecular flexibility index (Phi) is 2.07. The number of rotatable bonds is 2. The van der Waals surface area contributed by atoms with Crippen molar-refractivity contribution < 1.29 is 14.7 Å². The average Bonchev–Trinajstić information content (AvgIpc) is 2.14. The van der Waals surface area contributed by atoms with Crippen LogP contribution in [0.15, 0.2) is 11.8 Å². The molecule has 2 atom stereocenters. The Bertz CT molecular complexity index is 352. The van der Waals surface area contributed by atoms with Crippen LogP contribution in [0.5, 0.6) is 0 Å². The number of carbonyl (C=O) groups is 2. The molecule has 2 aliphatic heterocycles. The summed E-state index contributed by atoms with van der Waals surface area (Å²) in [6.45, 7) is 0. The van der Waals surface area contributed by atoms with Crippen molar-refractivity contribution in [2.24, 2.45) is 0 Å². The summed E-state index contributed by atoms with van der Waals surface area (Å²) >= 11 is 1.43. The Labute approximate surface area is 84.3 Å². The molecule has 0 saturated carbocycles. The summed E-state index contributed by atoms with van der Waals surface area (Å²) in [6.07, 6.45) is 3.00. The van der Waals surface area contributed by atoms with Gasteiger partial charge >= 0.3 is 5.97 Å². The molecule has 0 spiro atoms. The van der Waals surface area contributed by atoms with E-state index in [0.29, 0.717) is 6.42 Å². The molecule has 1 fully saturated rings. The number of carbonyl (C=O) groups excluding carboxylic acids is 1. The minimum absolute atomic E-state index is 0.0125. The molecule has 74 valence electrons. The second kappa shape index (κ2) is 3.13. The molecule has 2 N–H and O–H groups in total. The maximum atomic E-state index is 11.1. The van der Waals surface area contributed by atoms with Gasteiger partial charge in [0.15, 0.2) is 0 Å². The first-order valence-electron chi connectivity index (χ1n) is 4.06. The van der Waals surface area contributed by atoms with Crippen LogP contribution in [0.2, 0.25) is 0 Å². The highest BCUT2D eigenvalue weighted by Crippen LogP contribution is 2.39. The van der Waals surface area contributed by atoms with E-state index < -0.39 is 5.97 Å². The topological polar surface area (TPSA) is 81.5 Å². The van der Waals surface area contributed by atoms with Gasteiger partial charge in [-0.3, -0.25) is 9.69 Å². The van der Waals surface area contributed by atoms with Crippen molar-refractivity contribution in [2.45, 2.75) is 17.0 Å². The quantitative estimate of drug-likeness (QED) is 0.508. The Morgan fingerprint density at radius 1 is 1.79 bits per heavy atom. The molecule has 0 radical (unpaired) electrons. The zero-order valence-electron chi connectivity index (χ0n) is 7.14. The fourth-order valence-corrected chi connectivity index (χ4v) is 2.74. The summed E-state index contributed by atoms with van der Waals surface area (Å²) < 4.78 is 0. The smallest absolute Gasteiger partial charge is 0.352 e. The van der Waals surface area contributed by atoms with Crippen molar-refractivity contribution in [1.82, 2.24) is 4.90 Å². The average molecular weight is 212 g/mol. The first kappa shape index (κ1) is 9.26. The van der Waals surface area contributed by atoms with Crippen LogP contribution >= 0.6 is 11.8 Å². The number of aliphatic carboxylic acids is 1. The molecule has 0 aromatic heterocycles. The van der Waals surface area contributed by atoms with Crippen molar-refractivity contribution in [1.29, 1.82) is 5.41 Å². The third kappa shape index (κ3) is 1.22. The molecule has 1 saturated heterocycles. The van der Waals surface area contributed by atoms with Gasteiger partial charge in [-0.1, -0.05) is 0 Å². The number of thioether (sulfide) groups is 1. The number of hydrogen-bond donors (Lipinski definition) is 2. The number of nitrogens with zero attached hydrogens (tertiary/aromatic N) is 1. The SMILES string of the molecule is N=CC1C=C(C(=O)O)N2C(=O)C[C@H]2S1. The highest BCUT2D eigenvalue weighted by Gasteiger charge is 2.44. The normalized spacial score (nSPS) is 30.1. The Balaban J connectivity index is 2.32. The molecule has 2 rings (SSSR count). The fourth-order valence-electron chi connectivity index (χ4n) is 1.50. The van der Waals surface area contributed by atoms with E-state index in [4.69, 9.17) is 10.5 Å². The molecule has 2 heterocycles. The Hall–Kier alpha value is -1.30. The maximum absolute atomic E-state index is 11.1. The van der Waals surface area contributed by atoms with Gasteiger partial charge in [0.25, 0.3) is 0 Å². The molecular weight excluding hydrogens is 204 g/mol. The lowest BCUT2D eigenvalue weighted by molar-refractivity contribution is -0.146. The van der Waals surface area contributed by atoms with Crippen LogP contribution in [-0.2, 0) is 9.59 Å². The van der Waals surface area contributed by atoms with Crippen LogP contribution in [0, 0.1) is 5.41 Å². The van der Waals surface area contributed by atoms with Crippen LogP contribution < -0.4 is 0 Å². The number of amides is 1. The predicted octanol–water partition coefficient (Wildman–Crippen LogP) is 0.278. The number of nitrogens with one attached hydrogen (secondary N) is 1. The van der Waals surface area contributed by atoms with E-state index in [2.05, 4.69) is 0 Å². The van der Waals surface area contributed by atoms with Crippen LogP contribution in [0.25, 0.3) is 0 Å². The highest BCUT2D eigenvalue weighted by atomic mass is 32.2. The molecule has 0 aliphatic carbocycles. The van der Waals surface area contributed by atoms with Crippen molar-refractivity contribution >= 4 is 29.9 Å². The first-order chi connectivity index (χ1) is 6.63. The van der Waals surface area contributed by atoms with Gasteiger partial charge in [-0.25, -0.2) is 4.79 Å². The zero-order chi connectivity index (χ0) is 10.3. The van der Waals surface area contributed by atoms with Gasteiger partial charge in [-0.2, -0.15) is 0 Å². The number of carboxylic acids is 1. The number of fused-ring (bicyclic) bond motifs is 1. The molecule has 6 heteroatoms. The number of hydrogen-bond acceptors (Lipinski definition) is 4. The largest absolute Gasteiger partial charge is 0.477 e.